The molecule has 2 saturated heterocycles. The second-order valence-electron chi connectivity index (χ2n) is 5.71. The third kappa shape index (κ3) is 2.59. The number of rotatable bonds is 3. The quantitative estimate of drug-likeness (QED) is 0.840. The summed E-state index contributed by atoms with van der Waals surface area (Å²) in [4.78, 5) is 28.8. The molecule has 1 aromatic carbocycles. The van der Waals surface area contributed by atoms with Crippen LogP contribution in [0.5, 0.6) is 0 Å². The molecule has 3 rings (SSSR count). The maximum Gasteiger partial charge on any atom is 0.246 e. The average Bonchev–Trinajstić information content (AvgIpc) is 2.97. The van der Waals surface area contributed by atoms with Crippen LogP contribution >= 0.6 is 15.9 Å². The number of carbonyl (C=O) groups is 2. The van der Waals surface area contributed by atoms with Gasteiger partial charge in [-0.2, -0.15) is 0 Å². The molecule has 2 aliphatic heterocycles. The summed E-state index contributed by atoms with van der Waals surface area (Å²) in [6.07, 6.45) is 2.41. The van der Waals surface area contributed by atoms with Gasteiger partial charge in [-0.1, -0.05) is 35.0 Å². The molecule has 0 saturated carbocycles. The van der Waals surface area contributed by atoms with Gasteiger partial charge in [0.1, 0.15) is 12.1 Å². The van der Waals surface area contributed by atoms with Crippen LogP contribution in [-0.4, -0.2) is 40.2 Å². The number of halogens is 1. The monoisotopic (exact) mass is 350 g/mol. The first kappa shape index (κ1) is 14.6. The lowest BCUT2D eigenvalue weighted by atomic mass is 10.0. The number of hydrogen-bond donors (Lipinski definition) is 0. The standard InChI is InChI=1S/C16H19BrN2O2/c1-2-13-15(20)18-9-3-4-14(18)16(21)19(13)10-11-5-7-12(17)8-6-11/h5-8,13-14H,2-4,9-10H2,1H3. The number of piperazine rings is 1. The zero-order valence-corrected chi connectivity index (χ0v) is 13.7. The van der Waals surface area contributed by atoms with E-state index >= 15 is 0 Å². The molecule has 2 atom stereocenters. The zero-order chi connectivity index (χ0) is 15.0. The molecule has 2 amide bonds. The fraction of sp³-hybridized carbons (Fsp3) is 0.500. The summed E-state index contributed by atoms with van der Waals surface area (Å²) in [5.74, 6) is 0.235. The predicted octanol–water partition coefficient (Wildman–Crippen LogP) is 2.56. The van der Waals surface area contributed by atoms with Crippen molar-refractivity contribution in [1.82, 2.24) is 9.80 Å². The van der Waals surface area contributed by atoms with Crippen molar-refractivity contribution in [2.45, 2.75) is 44.8 Å². The van der Waals surface area contributed by atoms with Crippen molar-refractivity contribution in [2.24, 2.45) is 0 Å². The fourth-order valence-electron chi connectivity index (χ4n) is 3.33. The van der Waals surface area contributed by atoms with Gasteiger partial charge in [-0.15, -0.1) is 0 Å². The topological polar surface area (TPSA) is 40.6 Å². The number of carbonyl (C=O) groups excluding carboxylic acids is 2. The SMILES string of the molecule is CCC1C(=O)N2CCCC2C(=O)N1Cc1ccc(Br)cc1. The van der Waals surface area contributed by atoms with Gasteiger partial charge in [-0.3, -0.25) is 9.59 Å². The summed E-state index contributed by atoms with van der Waals surface area (Å²) >= 11 is 3.41. The van der Waals surface area contributed by atoms with Crippen LogP contribution < -0.4 is 0 Å². The summed E-state index contributed by atoms with van der Waals surface area (Å²) in [7, 11) is 0. The Morgan fingerprint density at radius 3 is 2.57 bits per heavy atom. The molecule has 2 fully saturated rings. The summed E-state index contributed by atoms with van der Waals surface area (Å²) in [5.41, 5.74) is 1.06. The van der Waals surface area contributed by atoms with Crippen LogP contribution in [0, 0.1) is 0 Å². The molecular formula is C16H19BrN2O2. The van der Waals surface area contributed by atoms with Gasteiger partial charge in [0.15, 0.2) is 0 Å². The Morgan fingerprint density at radius 2 is 1.90 bits per heavy atom. The molecular weight excluding hydrogens is 332 g/mol. The van der Waals surface area contributed by atoms with Gasteiger partial charge in [0, 0.05) is 17.6 Å². The molecule has 5 heteroatoms. The van der Waals surface area contributed by atoms with Crippen molar-refractivity contribution in [3.63, 3.8) is 0 Å². The van der Waals surface area contributed by atoms with Crippen molar-refractivity contribution >= 4 is 27.7 Å². The average molecular weight is 351 g/mol. The minimum Gasteiger partial charge on any atom is -0.329 e. The number of nitrogens with zero attached hydrogens (tertiary/aromatic N) is 2. The van der Waals surface area contributed by atoms with Crippen LogP contribution in [0.4, 0.5) is 0 Å². The van der Waals surface area contributed by atoms with E-state index in [1.807, 2.05) is 31.2 Å². The predicted molar refractivity (Wildman–Crippen MR) is 83.5 cm³/mol. The molecule has 112 valence electrons. The molecule has 2 unspecified atom stereocenters. The van der Waals surface area contributed by atoms with Crippen LogP contribution in [0.2, 0.25) is 0 Å². The lowest BCUT2D eigenvalue weighted by Gasteiger charge is -2.42. The Bertz CT molecular complexity index is 558. The Balaban J connectivity index is 1.85. The molecule has 0 bridgehead atoms. The van der Waals surface area contributed by atoms with Gasteiger partial charge < -0.3 is 9.80 Å². The number of fused-ring (bicyclic) bond motifs is 1. The molecule has 21 heavy (non-hydrogen) atoms. The van der Waals surface area contributed by atoms with Gasteiger partial charge in [-0.25, -0.2) is 0 Å². The molecule has 2 aliphatic rings. The molecule has 0 aliphatic carbocycles. The summed E-state index contributed by atoms with van der Waals surface area (Å²) in [6, 6.07) is 7.39. The van der Waals surface area contributed by atoms with E-state index in [0.29, 0.717) is 13.0 Å². The normalized spacial score (nSPS) is 25.4. The van der Waals surface area contributed by atoms with Gasteiger partial charge in [0.2, 0.25) is 11.8 Å². The second-order valence-corrected chi connectivity index (χ2v) is 6.62. The van der Waals surface area contributed by atoms with Crippen molar-refractivity contribution in [3.05, 3.63) is 34.3 Å². The second kappa shape index (κ2) is 5.79. The van der Waals surface area contributed by atoms with E-state index in [9.17, 15) is 9.59 Å². The van der Waals surface area contributed by atoms with E-state index in [1.165, 1.54) is 0 Å². The van der Waals surface area contributed by atoms with Crippen molar-refractivity contribution in [2.75, 3.05) is 6.54 Å². The molecule has 0 spiro atoms. The molecule has 0 N–H and O–H groups in total. The number of amides is 2. The maximum absolute atomic E-state index is 12.7. The minimum absolute atomic E-state index is 0.113. The summed E-state index contributed by atoms with van der Waals surface area (Å²) < 4.78 is 1.02. The highest BCUT2D eigenvalue weighted by Gasteiger charge is 2.46. The van der Waals surface area contributed by atoms with Crippen LogP contribution in [0.1, 0.15) is 31.7 Å². The van der Waals surface area contributed by atoms with Crippen LogP contribution in [-0.2, 0) is 16.1 Å². The van der Waals surface area contributed by atoms with E-state index in [1.54, 1.807) is 9.80 Å². The van der Waals surface area contributed by atoms with E-state index in [0.717, 1.165) is 29.4 Å². The largest absolute Gasteiger partial charge is 0.329 e. The first-order chi connectivity index (χ1) is 10.1. The Kier molecular flexibility index (Phi) is 4.02. The smallest absolute Gasteiger partial charge is 0.246 e. The van der Waals surface area contributed by atoms with Gasteiger partial charge in [0.05, 0.1) is 0 Å². The molecule has 1 aromatic rings. The number of hydrogen-bond acceptors (Lipinski definition) is 2. The van der Waals surface area contributed by atoms with Crippen LogP contribution in [0.15, 0.2) is 28.7 Å². The van der Waals surface area contributed by atoms with Gasteiger partial charge >= 0.3 is 0 Å². The molecule has 0 aromatic heterocycles. The zero-order valence-electron chi connectivity index (χ0n) is 12.1. The molecule has 0 radical (unpaired) electrons. The Hall–Kier alpha value is -1.36. The van der Waals surface area contributed by atoms with Crippen molar-refractivity contribution < 1.29 is 9.59 Å². The fourth-order valence-corrected chi connectivity index (χ4v) is 3.59. The lowest BCUT2D eigenvalue weighted by Crippen LogP contribution is -2.62. The Morgan fingerprint density at radius 1 is 1.19 bits per heavy atom. The third-order valence-electron chi connectivity index (χ3n) is 4.42. The maximum atomic E-state index is 12.7. The van der Waals surface area contributed by atoms with Gasteiger partial charge in [-0.05, 0) is 37.0 Å². The first-order valence-electron chi connectivity index (χ1n) is 7.47. The Labute approximate surface area is 133 Å². The highest BCUT2D eigenvalue weighted by atomic mass is 79.9. The van der Waals surface area contributed by atoms with E-state index in [4.69, 9.17) is 0 Å². The summed E-state index contributed by atoms with van der Waals surface area (Å²) in [6.45, 7) is 3.22. The first-order valence-corrected chi connectivity index (χ1v) is 8.26. The number of benzene rings is 1. The molecule has 2 heterocycles. The van der Waals surface area contributed by atoms with Crippen molar-refractivity contribution in [3.8, 4) is 0 Å². The van der Waals surface area contributed by atoms with E-state index < -0.39 is 0 Å². The third-order valence-corrected chi connectivity index (χ3v) is 4.95. The van der Waals surface area contributed by atoms with Gasteiger partial charge in [0.25, 0.3) is 0 Å². The lowest BCUT2D eigenvalue weighted by molar-refractivity contribution is -0.160. The highest BCUT2D eigenvalue weighted by molar-refractivity contribution is 9.10. The highest BCUT2D eigenvalue weighted by Crippen LogP contribution is 2.29. The van der Waals surface area contributed by atoms with E-state index in [-0.39, 0.29) is 23.9 Å². The summed E-state index contributed by atoms with van der Waals surface area (Å²) in [5, 5.41) is 0. The van der Waals surface area contributed by atoms with Crippen LogP contribution in [0.3, 0.4) is 0 Å². The van der Waals surface area contributed by atoms with E-state index in [2.05, 4.69) is 15.9 Å². The van der Waals surface area contributed by atoms with Crippen molar-refractivity contribution in [1.29, 1.82) is 0 Å². The van der Waals surface area contributed by atoms with Crippen LogP contribution in [0.25, 0.3) is 0 Å². The molecule has 4 nitrogen and oxygen atoms in total. The minimum atomic E-state index is -0.310.